The molecule has 8 heteroatoms. The molecular weight excluding hydrogens is 318 g/mol. The number of hydrogen-bond acceptors (Lipinski definition) is 6. The Morgan fingerprint density at radius 3 is 2.52 bits per heavy atom. The van der Waals surface area contributed by atoms with E-state index in [2.05, 4.69) is 9.89 Å². The molecule has 1 aromatic heterocycles. The van der Waals surface area contributed by atoms with Gasteiger partial charge in [0.25, 0.3) is 0 Å². The molecule has 0 aliphatic rings. The van der Waals surface area contributed by atoms with Crippen molar-refractivity contribution in [1.82, 2.24) is 5.16 Å². The molecule has 112 valence electrons. The van der Waals surface area contributed by atoms with Gasteiger partial charge in [0.2, 0.25) is 0 Å². The number of nitrogens with zero attached hydrogens (tertiary/aromatic N) is 1. The molecule has 0 fully saturated rings. The van der Waals surface area contributed by atoms with Crippen molar-refractivity contribution >= 4 is 27.4 Å². The second-order valence-electron chi connectivity index (χ2n) is 4.40. The van der Waals surface area contributed by atoms with Gasteiger partial charge >= 0.3 is 5.97 Å². The van der Waals surface area contributed by atoms with Gasteiger partial charge in [-0.3, -0.25) is 0 Å². The summed E-state index contributed by atoms with van der Waals surface area (Å²) >= 11 is 6.18. The number of benzene rings is 1. The Morgan fingerprint density at radius 1 is 1.38 bits per heavy atom. The van der Waals surface area contributed by atoms with Gasteiger partial charge in [0.1, 0.15) is 0 Å². The van der Waals surface area contributed by atoms with Gasteiger partial charge in [0.15, 0.2) is 15.6 Å². The van der Waals surface area contributed by atoms with Crippen molar-refractivity contribution in [2.24, 2.45) is 0 Å². The third-order valence-electron chi connectivity index (χ3n) is 2.78. The van der Waals surface area contributed by atoms with Crippen molar-refractivity contribution in [3.63, 3.8) is 0 Å². The summed E-state index contributed by atoms with van der Waals surface area (Å²) in [5.41, 5.74) is 0.710. The van der Waals surface area contributed by atoms with E-state index in [4.69, 9.17) is 16.1 Å². The van der Waals surface area contributed by atoms with Crippen molar-refractivity contribution in [3.8, 4) is 11.3 Å². The average molecular weight is 330 g/mol. The number of aryl methyl sites for hydroxylation is 1. The maximum absolute atomic E-state index is 11.9. The molecule has 0 bridgehead atoms. The van der Waals surface area contributed by atoms with Gasteiger partial charge in [-0.2, -0.15) is 0 Å². The minimum Gasteiger partial charge on any atom is -0.465 e. The zero-order valence-electron chi connectivity index (χ0n) is 11.5. The summed E-state index contributed by atoms with van der Waals surface area (Å²) in [7, 11) is -2.36. The SMILES string of the molecule is COC(=O)c1ccc(S(C)(=O)=O)c(-c2cc(C)no2)c1Cl. The van der Waals surface area contributed by atoms with Crippen molar-refractivity contribution in [1.29, 1.82) is 0 Å². The second-order valence-corrected chi connectivity index (χ2v) is 6.76. The van der Waals surface area contributed by atoms with E-state index in [1.165, 1.54) is 25.3 Å². The fourth-order valence-corrected chi connectivity index (χ4v) is 3.13. The van der Waals surface area contributed by atoms with Crippen molar-refractivity contribution in [3.05, 3.63) is 34.5 Å². The van der Waals surface area contributed by atoms with Gasteiger partial charge in [-0.1, -0.05) is 16.8 Å². The number of rotatable bonds is 3. The number of methoxy groups -OCH3 is 1. The molecule has 0 unspecified atom stereocenters. The summed E-state index contributed by atoms with van der Waals surface area (Å²) in [6, 6.07) is 4.13. The molecule has 2 rings (SSSR count). The first-order valence-corrected chi connectivity index (χ1v) is 8.07. The zero-order chi connectivity index (χ0) is 15.8. The van der Waals surface area contributed by atoms with Crippen LogP contribution in [0.25, 0.3) is 11.3 Å². The number of ether oxygens (including phenoxy) is 1. The highest BCUT2D eigenvalue weighted by Gasteiger charge is 2.25. The van der Waals surface area contributed by atoms with Crippen LogP contribution in [0, 0.1) is 6.92 Å². The van der Waals surface area contributed by atoms with Crippen LogP contribution in [0.5, 0.6) is 0 Å². The van der Waals surface area contributed by atoms with E-state index in [-0.39, 0.29) is 26.8 Å². The number of carbonyl (C=O) groups excluding carboxylic acids is 1. The van der Waals surface area contributed by atoms with Gasteiger partial charge < -0.3 is 9.26 Å². The molecule has 0 N–H and O–H groups in total. The normalized spacial score (nSPS) is 11.4. The van der Waals surface area contributed by atoms with Crippen LogP contribution >= 0.6 is 11.6 Å². The van der Waals surface area contributed by atoms with Crippen LogP contribution < -0.4 is 0 Å². The monoisotopic (exact) mass is 329 g/mol. The highest BCUT2D eigenvalue weighted by molar-refractivity contribution is 7.90. The number of hydrogen-bond donors (Lipinski definition) is 0. The lowest BCUT2D eigenvalue weighted by molar-refractivity contribution is 0.0601. The molecule has 1 aromatic carbocycles. The van der Waals surface area contributed by atoms with Gasteiger partial charge in [-0.25, -0.2) is 13.2 Å². The minimum absolute atomic E-state index is 0.0451. The minimum atomic E-state index is -3.57. The highest BCUT2D eigenvalue weighted by atomic mass is 35.5. The lowest BCUT2D eigenvalue weighted by Gasteiger charge is -2.10. The fourth-order valence-electron chi connectivity index (χ4n) is 1.85. The van der Waals surface area contributed by atoms with Gasteiger partial charge in [-0.15, -0.1) is 0 Å². The molecule has 0 atom stereocenters. The first kappa shape index (κ1) is 15.5. The van der Waals surface area contributed by atoms with E-state index in [0.717, 1.165) is 6.26 Å². The Balaban J connectivity index is 2.82. The standard InChI is InChI=1S/C13H12ClNO5S/c1-7-6-9(20-15-7)11-10(21(3,17)18)5-4-8(12(11)14)13(16)19-2/h4-6H,1-3H3. The zero-order valence-corrected chi connectivity index (χ0v) is 13.1. The van der Waals surface area contributed by atoms with E-state index in [9.17, 15) is 13.2 Å². The summed E-state index contributed by atoms with van der Waals surface area (Å²) in [6.45, 7) is 1.69. The lowest BCUT2D eigenvalue weighted by atomic mass is 10.1. The van der Waals surface area contributed by atoms with E-state index < -0.39 is 15.8 Å². The van der Waals surface area contributed by atoms with Crippen molar-refractivity contribution in [2.45, 2.75) is 11.8 Å². The van der Waals surface area contributed by atoms with Gasteiger partial charge in [0, 0.05) is 12.3 Å². The summed E-state index contributed by atoms with van der Waals surface area (Å²) in [4.78, 5) is 11.6. The second kappa shape index (κ2) is 5.50. The van der Waals surface area contributed by atoms with Crippen LogP contribution in [0.15, 0.2) is 27.6 Å². The fraction of sp³-hybridized carbons (Fsp3) is 0.231. The van der Waals surface area contributed by atoms with Crippen molar-refractivity contribution in [2.75, 3.05) is 13.4 Å². The van der Waals surface area contributed by atoms with Crippen LogP contribution in [0.3, 0.4) is 0 Å². The van der Waals surface area contributed by atoms with E-state index in [1.807, 2.05) is 0 Å². The Labute approximate surface area is 126 Å². The lowest BCUT2D eigenvalue weighted by Crippen LogP contribution is -2.06. The number of aromatic nitrogens is 1. The van der Waals surface area contributed by atoms with Crippen LogP contribution in [0.4, 0.5) is 0 Å². The van der Waals surface area contributed by atoms with Gasteiger partial charge in [-0.05, 0) is 19.1 Å². The smallest absolute Gasteiger partial charge is 0.339 e. The Kier molecular flexibility index (Phi) is 4.06. The molecule has 0 amide bonds. The van der Waals surface area contributed by atoms with Crippen molar-refractivity contribution < 1.29 is 22.5 Å². The Hall–Kier alpha value is -1.86. The number of esters is 1. The third-order valence-corrected chi connectivity index (χ3v) is 4.31. The van der Waals surface area contributed by atoms with Crippen LogP contribution in [-0.4, -0.2) is 32.9 Å². The molecular formula is C13H12ClNO5S. The predicted octanol–water partition coefficient (Wildman–Crippen LogP) is 2.49. The van der Waals surface area contributed by atoms with Crippen LogP contribution in [0.2, 0.25) is 5.02 Å². The number of carbonyl (C=O) groups is 1. The summed E-state index contributed by atoms with van der Waals surface area (Å²) in [5.74, 6) is -0.499. The number of sulfone groups is 1. The molecule has 1 heterocycles. The summed E-state index contributed by atoms with van der Waals surface area (Å²) in [6.07, 6.45) is 1.04. The largest absolute Gasteiger partial charge is 0.465 e. The quantitative estimate of drug-likeness (QED) is 0.804. The molecule has 0 saturated heterocycles. The highest BCUT2D eigenvalue weighted by Crippen LogP contribution is 2.37. The molecule has 0 radical (unpaired) electrons. The van der Waals surface area contributed by atoms with E-state index >= 15 is 0 Å². The third kappa shape index (κ3) is 2.93. The Morgan fingerprint density at radius 2 is 2.05 bits per heavy atom. The van der Waals surface area contributed by atoms with E-state index in [1.54, 1.807) is 6.92 Å². The first-order chi connectivity index (χ1) is 9.75. The summed E-state index contributed by atoms with van der Waals surface area (Å²) < 4.78 is 33.5. The predicted molar refractivity (Wildman–Crippen MR) is 76.1 cm³/mol. The average Bonchev–Trinajstić information content (AvgIpc) is 2.82. The molecule has 2 aromatic rings. The van der Waals surface area contributed by atoms with Crippen LogP contribution in [-0.2, 0) is 14.6 Å². The van der Waals surface area contributed by atoms with E-state index in [0.29, 0.717) is 5.69 Å². The molecule has 6 nitrogen and oxygen atoms in total. The number of halogens is 1. The maximum Gasteiger partial charge on any atom is 0.339 e. The van der Waals surface area contributed by atoms with Gasteiger partial charge in [0.05, 0.1) is 33.8 Å². The van der Waals surface area contributed by atoms with Crippen LogP contribution in [0.1, 0.15) is 16.1 Å². The first-order valence-electron chi connectivity index (χ1n) is 5.80. The maximum atomic E-state index is 11.9. The topological polar surface area (TPSA) is 86.5 Å². The Bertz CT molecular complexity index is 810. The molecule has 0 spiro atoms. The molecule has 0 saturated carbocycles. The molecule has 21 heavy (non-hydrogen) atoms. The summed E-state index contributed by atoms with van der Waals surface area (Å²) in [5, 5.41) is 3.65. The molecule has 0 aliphatic carbocycles. The molecule has 0 aliphatic heterocycles.